The Hall–Kier alpha value is -1.92. The van der Waals surface area contributed by atoms with Crippen molar-refractivity contribution in [3.8, 4) is 5.75 Å². The van der Waals surface area contributed by atoms with Crippen molar-refractivity contribution in [2.24, 2.45) is 0 Å². The van der Waals surface area contributed by atoms with Gasteiger partial charge in [-0.15, -0.1) is 13.2 Å². The molecule has 0 fully saturated rings. The Morgan fingerprint density at radius 3 is 2.73 bits per heavy atom. The van der Waals surface area contributed by atoms with Gasteiger partial charge < -0.3 is 15.0 Å². The van der Waals surface area contributed by atoms with Gasteiger partial charge in [-0.25, -0.2) is 0 Å². The van der Waals surface area contributed by atoms with Crippen LogP contribution in [-0.4, -0.2) is 11.5 Å². The summed E-state index contributed by atoms with van der Waals surface area (Å²) in [4.78, 5) is 0. The van der Waals surface area contributed by atoms with E-state index in [0.717, 1.165) is 6.07 Å². The van der Waals surface area contributed by atoms with Gasteiger partial charge in [0, 0.05) is 0 Å². The average Bonchev–Trinajstić information content (AvgIpc) is 2.46. The molecule has 0 radical (unpaired) electrons. The number of benzene rings is 1. The molecule has 0 atom stereocenters. The summed E-state index contributed by atoms with van der Waals surface area (Å²) in [7, 11) is 0. The van der Waals surface area contributed by atoms with Crippen molar-refractivity contribution < 1.29 is 22.4 Å². The van der Waals surface area contributed by atoms with Gasteiger partial charge in [0.15, 0.2) is 11.4 Å². The number of rotatable bonds is 1. The van der Waals surface area contributed by atoms with E-state index in [9.17, 15) is 13.2 Å². The number of halogens is 3. The van der Waals surface area contributed by atoms with Gasteiger partial charge in [0.1, 0.15) is 11.1 Å². The van der Waals surface area contributed by atoms with E-state index in [1.807, 2.05) is 0 Å². The summed E-state index contributed by atoms with van der Waals surface area (Å²) < 4.78 is 44.4. The van der Waals surface area contributed by atoms with Gasteiger partial charge in [-0.05, 0) is 12.1 Å². The molecule has 0 amide bonds. The van der Waals surface area contributed by atoms with Crippen LogP contribution < -0.4 is 10.5 Å². The summed E-state index contributed by atoms with van der Waals surface area (Å²) in [6.07, 6.45) is -4.77. The summed E-state index contributed by atoms with van der Waals surface area (Å²) in [5.41, 5.74) is 5.49. The van der Waals surface area contributed by atoms with Crippen molar-refractivity contribution in [1.82, 2.24) is 5.16 Å². The van der Waals surface area contributed by atoms with Crippen molar-refractivity contribution in [3.63, 3.8) is 0 Å². The van der Waals surface area contributed by atoms with E-state index < -0.39 is 12.1 Å². The van der Waals surface area contributed by atoms with Crippen molar-refractivity contribution in [1.29, 1.82) is 0 Å². The highest BCUT2D eigenvalue weighted by molar-refractivity contribution is 5.92. The third-order valence-corrected chi connectivity index (χ3v) is 1.71. The zero-order valence-electron chi connectivity index (χ0n) is 7.21. The maximum absolute atomic E-state index is 12.0. The molecule has 0 aliphatic rings. The van der Waals surface area contributed by atoms with Crippen LogP contribution in [0.15, 0.2) is 22.7 Å². The fourth-order valence-corrected chi connectivity index (χ4v) is 1.19. The molecule has 0 spiro atoms. The Labute approximate surface area is 81.4 Å². The van der Waals surface area contributed by atoms with Crippen LogP contribution in [0.1, 0.15) is 0 Å². The number of alkyl halides is 3. The SMILES string of the molecule is Nc1noc2cccc(OC(F)(F)F)c12. The highest BCUT2D eigenvalue weighted by atomic mass is 19.4. The smallest absolute Gasteiger partial charge is 0.405 e. The highest BCUT2D eigenvalue weighted by Gasteiger charge is 2.32. The predicted molar refractivity (Wildman–Crippen MR) is 45.1 cm³/mol. The van der Waals surface area contributed by atoms with Crippen LogP contribution in [0.25, 0.3) is 11.0 Å². The van der Waals surface area contributed by atoms with Gasteiger partial charge in [0.25, 0.3) is 0 Å². The molecule has 0 saturated heterocycles. The molecule has 2 N–H and O–H groups in total. The topological polar surface area (TPSA) is 61.3 Å². The lowest BCUT2D eigenvalue weighted by molar-refractivity contribution is -0.274. The van der Waals surface area contributed by atoms with Crippen LogP contribution >= 0.6 is 0 Å². The second-order valence-electron chi connectivity index (χ2n) is 2.74. The molecular weight excluding hydrogens is 213 g/mol. The molecular formula is C8H5F3N2O2. The number of anilines is 1. The predicted octanol–water partition coefficient (Wildman–Crippen LogP) is 2.31. The first kappa shape index (κ1) is 9.63. The van der Waals surface area contributed by atoms with Crippen LogP contribution in [0.3, 0.4) is 0 Å². The number of hydrogen-bond donors (Lipinski definition) is 1. The van der Waals surface area contributed by atoms with Gasteiger partial charge in [0.05, 0.1) is 0 Å². The molecule has 80 valence electrons. The van der Waals surface area contributed by atoms with Crippen molar-refractivity contribution in [2.45, 2.75) is 6.36 Å². The van der Waals surface area contributed by atoms with E-state index in [2.05, 4.69) is 14.4 Å². The molecule has 0 unspecified atom stereocenters. The van der Waals surface area contributed by atoms with Gasteiger partial charge in [-0.1, -0.05) is 11.2 Å². The number of nitrogen functional groups attached to an aromatic ring is 1. The molecule has 15 heavy (non-hydrogen) atoms. The lowest BCUT2D eigenvalue weighted by Crippen LogP contribution is -2.17. The van der Waals surface area contributed by atoms with Crippen LogP contribution in [0.5, 0.6) is 5.75 Å². The van der Waals surface area contributed by atoms with E-state index >= 15 is 0 Å². The third kappa shape index (κ3) is 1.80. The fourth-order valence-electron chi connectivity index (χ4n) is 1.19. The van der Waals surface area contributed by atoms with Gasteiger partial charge >= 0.3 is 6.36 Å². The number of nitrogens with zero attached hydrogens (tertiary/aromatic N) is 1. The Kier molecular flexibility index (Phi) is 1.95. The number of nitrogens with two attached hydrogens (primary N) is 1. The highest BCUT2D eigenvalue weighted by Crippen LogP contribution is 2.33. The number of ether oxygens (including phenoxy) is 1. The average molecular weight is 218 g/mol. The Morgan fingerprint density at radius 1 is 1.33 bits per heavy atom. The molecule has 1 aromatic carbocycles. The maximum Gasteiger partial charge on any atom is 0.573 e. The van der Waals surface area contributed by atoms with E-state index in [0.29, 0.717) is 0 Å². The van der Waals surface area contributed by atoms with E-state index in [1.165, 1.54) is 12.1 Å². The monoisotopic (exact) mass is 218 g/mol. The summed E-state index contributed by atoms with van der Waals surface area (Å²) >= 11 is 0. The largest absolute Gasteiger partial charge is 0.573 e. The zero-order chi connectivity index (χ0) is 11.1. The first-order chi connectivity index (χ1) is 6.97. The molecule has 0 saturated carbocycles. The molecule has 7 heteroatoms. The summed E-state index contributed by atoms with van der Waals surface area (Å²) in [5, 5.41) is 3.36. The quantitative estimate of drug-likeness (QED) is 0.797. The maximum atomic E-state index is 12.0. The minimum absolute atomic E-state index is 0.0230. The number of aromatic nitrogens is 1. The van der Waals surface area contributed by atoms with Crippen LogP contribution in [-0.2, 0) is 0 Å². The van der Waals surface area contributed by atoms with Gasteiger partial charge in [-0.3, -0.25) is 0 Å². The Bertz CT molecular complexity index is 492. The van der Waals surface area contributed by atoms with E-state index in [-0.39, 0.29) is 16.8 Å². The molecule has 0 aliphatic heterocycles. The molecule has 0 aliphatic carbocycles. The summed E-state index contributed by atoms with van der Waals surface area (Å²) in [6, 6.07) is 3.94. The van der Waals surface area contributed by atoms with Crippen LogP contribution in [0.2, 0.25) is 0 Å². The lowest BCUT2D eigenvalue weighted by Gasteiger charge is -2.08. The van der Waals surface area contributed by atoms with Crippen LogP contribution in [0.4, 0.5) is 19.0 Å². The summed E-state index contributed by atoms with van der Waals surface area (Å²) in [6.45, 7) is 0. The van der Waals surface area contributed by atoms with Crippen molar-refractivity contribution in [2.75, 3.05) is 5.73 Å². The minimum atomic E-state index is -4.77. The van der Waals surface area contributed by atoms with Crippen molar-refractivity contribution in [3.05, 3.63) is 18.2 Å². The van der Waals surface area contributed by atoms with Crippen molar-refractivity contribution >= 4 is 16.8 Å². The van der Waals surface area contributed by atoms with Crippen LogP contribution in [0, 0.1) is 0 Å². The summed E-state index contributed by atoms with van der Waals surface area (Å²) in [5.74, 6) is -0.552. The molecule has 4 nitrogen and oxygen atoms in total. The number of hydrogen-bond acceptors (Lipinski definition) is 4. The normalized spacial score (nSPS) is 11.9. The van der Waals surface area contributed by atoms with Gasteiger partial charge in [0.2, 0.25) is 0 Å². The molecule has 0 bridgehead atoms. The number of fused-ring (bicyclic) bond motifs is 1. The Balaban J connectivity index is 2.55. The first-order valence-electron chi connectivity index (χ1n) is 3.87. The standard InChI is InChI=1S/C8H5F3N2O2/c9-8(10,11)14-4-2-1-3-5-6(4)7(12)13-15-5/h1-3H,(H2,12,13). The molecule has 2 aromatic rings. The van der Waals surface area contributed by atoms with E-state index in [1.54, 1.807) is 0 Å². The lowest BCUT2D eigenvalue weighted by atomic mass is 10.2. The molecule has 1 heterocycles. The Morgan fingerprint density at radius 2 is 2.07 bits per heavy atom. The zero-order valence-corrected chi connectivity index (χ0v) is 7.21. The molecule has 1 aromatic heterocycles. The third-order valence-electron chi connectivity index (χ3n) is 1.71. The second-order valence-corrected chi connectivity index (χ2v) is 2.74. The fraction of sp³-hybridized carbons (Fsp3) is 0.125. The van der Waals surface area contributed by atoms with Gasteiger partial charge in [-0.2, -0.15) is 0 Å². The second kappa shape index (κ2) is 3.04. The minimum Gasteiger partial charge on any atom is -0.405 e. The van der Waals surface area contributed by atoms with E-state index in [4.69, 9.17) is 5.73 Å². The molecule has 2 rings (SSSR count). The first-order valence-corrected chi connectivity index (χ1v) is 3.87.